The van der Waals surface area contributed by atoms with Crippen molar-refractivity contribution in [2.45, 2.75) is 15.0 Å². The minimum atomic E-state index is 0.545. The summed E-state index contributed by atoms with van der Waals surface area (Å²) in [6, 6.07) is 10.5. The maximum atomic E-state index is 4.88. The van der Waals surface area contributed by atoms with Crippen LogP contribution in [0.5, 0.6) is 0 Å². The van der Waals surface area contributed by atoms with Crippen molar-refractivity contribution >= 4 is 35.3 Å². The molecule has 0 saturated carbocycles. The van der Waals surface area contributed by atoms with Gasteiger partial charge in [-0.15, -0.1) is 34.6 Å². The largest absolute Gasteiger partial charge is 0.314 e. The second-order valence-electron chi connectivity index (χ2n) is 6.48. The highest BCUT2D eigenvalue weighted by Gasteiger charge is 2.23. The molecule has 5 rings (SSSR count). The number of para-hydroxylation sites is 1. The van der Waals surface area contributed by atoms with Gasteiger partial charge in [0.05, 0.1) is 11.7 Å². The summed E-state index contributed by atoms with van der Waals surface area (Å²) in [5, 5.41) is 24.2. The van der Waals surface area contributed by atoms with Gasteiger partial charge in [0.2, 0.25) is 5.82 Å². The number of hydrogen-bond donors (Lipinski definition) is 3. The van der Waals surface area contributed by atoms with Gasteiger partial charge in [-0.2, -0.15) is 10.3 Å². The fraction of sp³-hybridized carbons (Fsp3) is 0.222. The van der Waals surface area contributed by atoms with Crippen molar-refractivity contribution in [1.82, 2.24) is 35.7 Å². The summed E-state index contributed by atoms with van der Waals surface area (Å²) in [6.45, 7) is 2.04. The van der Waals surface area contributed by atoms with Gasteiger partial charge in [0, 0.05) is 51.7 Å². The molecule has 136 valence electrons. The lowest BCUT2D eigenvalue weighted by molar-refractivity contribution is 0.543. The van der Waals surface area contributed by atoms with E-state index in [1.165, 1.54) is 0 Å². The number of nitrogens with zero attached hydrogens (tertiary/aromatic N) is 5. The lowest BCUT2D eigenvalue weighted by Crippen LogP contribution is -2.44. The van der Waals surface area contributed by atoms with Crippen molar-refractivity contribution in [2.24, 2.45) is 7.05 Å². The standard InChI is InChI=1S/C18H17N7S2/c1-25-16-10(7-20-25)3-2-4-13(16)12-5-6-14(27-11-8-19-9-11)17(26)15(12)18-21-23-24-22-18/h2-7,11,19,26H,8-9H2,1H3,(H,21,22,23,24). The van der Waals surface area contributed by atoms with Crippen molar-refractivity contribution in [2.75, 3.05) is 13.1 Å². The highest BCUT2D eigenvalue weighted by atomic mass is 32.2. The average molecular weight is 396 g/mol. The Morgan fingerprint density at radius 1 is 1.19 bits per heavy atom. The Bertz CT molecular complexity index is 1120. The van der Waals surface area contributed by atoms with E-state index >= 15 is 0 Å². The number of fused-ring (bicyclic) bond motifs is 1. The van der Waals surface area contributed by atoms with Gasteiger partial charge >= 0.3 is 0 Å². The fourth-order valence-electron chi connectivity index (χ4n) is 3.36. The summed E-state index contributed by atoms with van der Waals surface area (Å²) in [6.07, 6.45) is 1.88. The molecule has 0 atom stereocenters. The van der Waals surface area contributed by atoms with Gasteiger partial charge in [-0.05, 0) is 16.8 Å². The van der Waals surface area contributed by atoms with E-state index in [0.29, 0.717) is 11.1 Å². The number of aromatic nitrogens is 6. The van der Waals surface area contributed by atoms with Gasteiger partial charge in [0.1, 0.15) is 0 Å². The average Bonchev–Trinajstić information content (AvgIpc) is 3.29. The number of H-pyrrole nitrogens is 1. The smallest absolute Gasteiger partial charge is 0.206 e. The molecule has 0 bridgehead atoms. The first kappa shape index (κ1) is 16.8. The summed E-state index contributed by atoms with van der Waals surface area (Å²) >= 11 is 6.71. The van der Waals surface area contributed by atoms with Crippen LogP contribution in [0.3, 0.4) is 0 Å². The SMILES string of the molecule is Cn1ncc2cccc(-c3ccc(SC4CNC4)c(S)c3-c3nn[nH]n3)c21. The molecule has 3 heterocycles. The Morgan fingerprint density at radius 2 is 2.07 bits per heavy atom. The van der Waals surface area contributed by atoms with Crippen LogP contribution in [-0.2, 0) is 7.05 Å². The van der Waals surface area contributed by atoms with Gasteiger partial charge in [-0.3, -0.25) is 4.68 Å². The third-order valence-electron chi connectivity index (χ3n) is 4.80. The monoisotopic (exact) mass is 395 g/mol. The van der Waals surface area contributed by atoms with Crippen LogP contribution in [-0.4, -0.2) is 48.7 Å². The van der Waals surface area contributed by atoms with E-state index in [2.05, 4.69) is 55.3 Å². The molecule has 2 N–H and O–H groups in total. The molecule has 27 heavy (non-hydrogen) atoms. The van der Waals surface area contributed by atoms with Crippen LogP contribution in [0.2, 0.25) is 0 Å². The summed E-state index contributed by atoms with van der Waals surface area (Å²) in [5.74, 6) is 0.545. The predicted molar refractivity (Wildman–Crippen MR) is 109 cm³/mol. The Morgan fingerprint density at radius 3 is 2.81 bits per heavy atom. The van der Waals surface area contributed by atoms with Crippen LogP contribution in [0, 0.1) is 0 Å². The second-order valence-corrected chi connectivity index (χ2v) is 8.27. The lowest BCUT2D eigenvalue weighted by atomic mass is 9.97. The quantitative estimate of drug-likeness (QED) is 0.461. The number of tetrazole rings is 1. The molecule has 0 spiro atoms. The Hall–Kier alpha value is -2.36. The van der Waals surface area contributed by atoms with Gasteiger partial charge < -0.3 is 5.32 Å². The van der Waals surface area contributed by atoms with Crippen molar-refractivity contribution in [3.63, 3.8) is 0 Å². The zero-order valence-corrected chi connectivity index (χ0v) is 16.3. The van der Waals surface area contributed by atoms with Crippen LogP contribution in [0.15, 0.2) is 46.3 Å². The zero-order chi connectivity index (χ0) is 18.4. The fourth-order valence-corrected chi connectivity index (χ4v) is 4.94. The van der Waals surface area contributed by atoms with Crippen molar-refractivity contribution in [1.29, 1.82) is 0 Å². The first-order valence-corrected chi connectivity index (χ1v) is 9.93. The van der Waals surface area contributed by atoms with E-state index in [1.54, 1.807) is 0 Å². The molecule has 0 amide bonds. The molecule has 1 aliphatic heterocycles. The highest BCUT2D eigenvalue weighted by molar-refractivity contribution is 8.00. The molecule has 1 fully saturated rings. The number of thiol groups is 1. The molecule has 1 aliphatic rings. The summed E-state index contributed by atoms with van der Waals surface area (Å²) in [4.78, 5) is 2.01. The molecule has 4 aromatic rings. The molecule has 0 unspecified atom stereocenters. The summed E-state index contributed by atoms with van der Waals surface area (Å²) in [5.41, 5.74) is 4.05. The molecule has 0 radical (unpaired) electrons. The third kappa shape index (κ3) is 2.82. The van der Waals surface area contributed by atoms with Crippen LogP contribution in [0.25, 0.3) is 33.4 Å². The molecular formula is C18H17N7S2. The number of hydrogen-bond acceptors (Lipinski definition) is 7. The molecule has 7 nitrogen and oxygen atoms in total. The van der Waals surface area contributed by atoms with Gasteiger partial charge in [0.15, 0.2) is 0 Å². The number of thioether (sulfide) groups is 1. The first-order valence-electron chi connectivity index (χ1n) is 8.60. The number of aromatic amines is 1. The molecular weight excluding hydrogens is 378 g/mol. The second kappa shape index (κ2) is 6.66. The molecule has 1 saturated heterocycles. The minimum Gasteiger partial charge on any atom is -0.314 e. The molecule has 9 heteroatoms. The normalized spacial score (nSPS) is 14.6. The summed E-state index contributed by atoms with van der Waals surface area (Å²) < 4.78 is 1.89. The van der Waals surface area contributed by atoms with Gasteiger partial charge in [-0.25, -0.2) is 0 Å². The van der Waals surface area contributed by atoms with Gasteiger partial charge in [0.25, 0.3) is 0 Å². The molecule has 0 aliphatic carbocycles. The van der Waals surface area contributed by atoms with Crippen LogP contribution in [0.4, 0.5) is 0 Å². The minimum absolute atomic E-state index is 0.545. The van der Waals surface area contributed by atoms with Crippen molar-refractivity contribution in [3.8, 4) is 22.5 Å². The highest BCUT2D eigenvalue weighted by Crippen LogP contribution is 2.43. The van der Waals surface area contributed by atoms with E-state index in [-0.39, 0.29) is 0 Å². The number of benzene rings is 2. The van der Waals surface area contributed by atoms with Crippen LogP contribution in [0.1, 0.15) is 0 Å². The maximum Gasteiger partial charge on any atom is 0.206 e. The third-order valence-corrected chi connectivity index (χ3v) is 6.68. The van der Waals surface area contributed by atoms with E-state index in [9.17, 15) is 0 Å². The first-order chi connectivity index (χ1) is 13.2. The van der Waals surface area contributed by atoms with Gasteiger partial charge in [-0.1, -0.05) is 24.3 Å². The van der Waals surface area contributed by atoms with Crippen molar-refractivity contribution in [3.05, 3.63) is 36.5 Å². The lowest BCUT2D eigenvalue weighted by Gasteiger charge is -2.27. The molecule has 2 aromatic heterocycles. The number of aryl methyl sites for hydroxylation is 1. The molecule has 2 aromatic carbocycles. The van der Waals surface area contributed by atoms with E-state index in [1.807, 2.05) is 35.8 Å². The summed E-state index contributed by atoms with van der Waals surface area (Å²) in [7, 11) is 1.95. The number of nitrogens with one attached hydrogen (secondary N) is 2. The Labute approximate surface area is 165 Å². The maximum absolute atomic E-state index is 4.88. The zero-order valence-electron chi connectivity index (χ0n) is 14.5. The van der Waals surface area contributed by atoms with E-state index in [4.69, 9.17) is 12.6 Å². The topological polar surface area (TPSA) is 84.3 Å². The van der Waals surface area contributed by atoms with E-state index in [0.717, 1.165) is 50.5 Å². The van der Waals surface area contributed by atoms with Crippen molar-refractivity contribution < 1.29 is 0 Å². The van der Waals surface area contributed by atoms with Crippen LogP contribution >= 0.6 is 24.4 Å². The Kier molecular flexibility index (Phi) is 4.14. The van der Waals surface area contributed by atoms with E-state index < -0.39 is 0 Å². The predicted octanol–water partition coefficient (Wildman–Crippen LogP) is 2.77. The number of rotatable bonds is 4. The Balaban J connectivity index is 1.74. The van der Waals surface area contributed by atoms with Crippen LogP contribution < -0.4 is 5.32 Å².